The van der Waals surface area contributed by atoms with Gasteiger partial charge in [0.25, 0.3) is 5.91 Å². The number of nitrogens with zero attached hydrogens (tertiary/aromatic N) is 6. The van der Waals surface area contributed by atoms with Gasteiger partial charge in [-0.1, -0.05) is 13.0 Å². The monoisotopic (exact) mass is 490 g/mol. The number of hydrogen-bond acceptors (Lipinski definition) is 8. The quantitative estimate of drug-likeness (QED) is 0.533. The van der Waals surface area contributed by atoms with Crippen molar-refractivity contribution in [3.05, 3.63) is 66.6 Å². The third-order valence-electron chi connectivity index (χ3n) is 6.35. The summed E-state index contributed by atoms with van der Waals surface area (Å²) in [5.74, 6) is -0.304. The van der Waals surface area contributed by atoms with Crippen LogP contribution in [0.2, 0.25) is 0 Å². The minimum atomic E-state index is -0.429. The van der Waals surface area contributed by atoms with E-state index < -0.39 is 12.1 Å². The van der Waals surface area contributed by atoms with Gasteiger partial charge in [-0.25, -0.2) is 15.0 Å². The first-order valence-corrected chi connectivity index (χ1v) is 11.8. The van der Waals surface area contributed by atoms with Gasteiger partial charge in [0, 0.05) is 61.1 Å². The third-order valence-corrected chi connectivity index (χ3v) is 6.35. The Kier molecular flexibility index (Phi) is 7.84. The lowest BCUT2D eigenvalue weighted by atomic mass is 9.99. The zero-order valence-corrected chi connectivity index (χ0v) is 20.6. The molecule has 3 aromatic heterocycles. The number of carbonyl (C=O) groups is 2. The molecule has 0 radical (unpaired) electrons. The smallest absolute Gasteiger partial charge is 0.259 e. The summed E-state index contributed by atoms with van der Waals surface area (Å²) >= 11 is 0. The highest BCUT2D eigenvalue weighted by molar-refractivity contribution is 5.98. The van der Waals surface area contributed by atoms with Crippen molar-refractivity contribution >= 4 is 11.8 Å². The molecule has 0 saturated heterocycles. The Balaban J connectivity index is 1.62. The van der Waals surface area contributed by atoms with E-state index in [4.69, 9.17) is 4.74 Å². The Morgan fingerprint density at radius 2 is 2.00 bits per heavy atom. The van der Waals surface area contributed by atoms with Crippen LogP contribution < -0.4 is 4.74 Å². The van der Waals surface area contributed by atoms with Gasteiger partial charge < -0.3 is 19.6 Å². The highest BCUT2D eigenvalue weighted by Crippen LogP contribution is 2.30. The number of pyridine rings is 2. The van der Waals surface area contributed by atoms with Gasteiger partial charge >= 0.3 is 0 Å². The highest BCUT2D eigenvalue weighted by Gasteiger charge is 2.34. The number of ether oxygens (including phenoxy) is 1. The first kappa shape index (κ1) is 25.2. The molecule has 10 heteroatoms. The number of amides is 2. The van der Waals surface area contributed by atoms with Crippen LogP contribution in [0, 0.1) is 5.92 Å². The van der Waals surface area contributed by atoms with Crippen LogP contribution in [0.3, 0.4) is 0 Å². The molecular formula is C26H30N6O4. The maximum absolute atomic E-state index is 13.6. The van der Waals surface area contributed by atoms with Crippen molar-refractivity contribution < 1.29 is 19.4 Å². The maximum Gasteiger partial charge on any atom is 0.259 e. The number of aliphatic hydroxyl groups is 1. The van der Waals surface area contributed by atoms with Crippen molar-refractivity contribution in [3.63, 3.8) is 0 Å². The molecule has 0 bridgehead atoms. The predicted octanol–water partition coefficient (Wildman–Crippen LogP) is 1.85. The number of fused-ring (bicyclic) bond motifs is 1. The summed E-state index contributed by atoms with van der Waals surface area (Å²) in [5.41, 5.74) is 2.37. The Hall–Kier alpha value is -3.92. The molecule has 0 fully saturated rings. The van der Waals surface area contributed by atoms with Crippen LogP contribution >= 0.6 is 0 Å². The van der Waals surface area contributed by atoms with Gasteiger partial charge in [-0.2, -0.15) is 0 Å². The van der Waals surface area contributed by atoms with Crippen molar-refractivity contribution in [2.45, 2.75) is 32.4 Å². The van der Waals surface area contributed by atoms with Crippen molar-refractivity contribution in [2.24, 2.45) is 5.92 Å². The summed E-state index contributed by atoms with van der Waals surface area (Å²) in [6.07, 6.45) is 7.75. The molecule has 1 aliphatic heterocycles. The molecule has 0 spiro atoms. The van der Waals surface area contributed by atoms with Crippen molar-refractivity contribution in [2.75, 3.05) is 26.7 Å². The van der Waals surface area contributed by atoms with Crippen molar-refractivity contribution in [3.8, 4) is 17.0 Å². The zero-order valence-electron chi connectivity index (χ0n) is 20.6. The summed E-state index contributed by atoms with van der Waals surface area (Å²) in [7, 11) is 1.73. The van der Waals surface area contributed by atoms with Gasteiger partial charge in [-0.3, -0.25) is 14.6 Å². The largest absolute Gasteiger partial charge is 0.472 e. The summed E-state index contributed by atoms with van der Waals surface area (Å²) < 4.78 is 6.28. The predicted molar refractivity (Wildman–Crippen MR) is 132 cm³/mol. The van der Waals surface area contributed by atoms with E-state index in [2.05, 4.69) is 19.9 Å². The number of carbonyl (C=O) groups excluding carboxylic acids is 2. The number of aromatic nitrogens is 4. The van der Waals surface area contributed by atoms with Crippen LogP contribution in [0.5, 0.6) is 5.88 Å². The minimum Gasteiger partial charge on any atom is -0.472 e. The van der Waals surface area contributed by atoms with Crippen molar-refractivity contribution in [1.82, 2.24) is 29.7 Å². The fraction of sp³-hybridized carbons (Fsp3) is 0.385. The van der Waals surface area contributed by atoms with E-state index in [1.807, 2.05) is 25.1 Å². The lowest BCUT2D eigenvalue weighted by Gasteiger charge is -2.37. The topological polar surface area (TPSA) is 122 Å². The summed E-state index contributed by atoms with van der Waals surface area (Å²) in [4.78, 5) is 46.5. The molecule has 1 N–H and O–H groups in total. The zero-order chi connectivity index (χ0) is 25.7. The molecule has 0 aromatic carbocycles. The first-order chi connectivity index (χ1) is 17.4. The Morgan fingerprint density at radius 1 is 1.22 bits per heavy atom. The molecule has 1 aliphatic rings. The maximum atomic E-state index is 13.6. The first-order valence-electron chi connectivity index (χ1n) is 11.8. The SMILES string of the molecule is C[C@H]1CN([C@@H](C)CO)C(=O)c2cc(-c3cncnc3)cnc2O[C@H]1CN(C)C(=O)Cc1ccccn1. The third kappa shape index (κ3) is 5.65. The summed E-state index contributed by atoms with van der Waals surface area (Å²) in [5, 5.41) is 9.84. The lowest BCUT2D eigenvalue weighted by Crippen LogP contribution is -2.50. The van der Waals surface area contributed by atoms with Gasteiger partial charge in [0.2, 0.25) is 11.8 Å². The van der Waals surface area contributed by atoms with Gasteiger partial charge in [0.15, 0.2) is 0 Å². The number of likely N-dealkylation sites (N-methyl/N-ethyl adjacent to an activating group) is 1. The molecule has 2 amide bonds. The number of hydrogen-bond donors (Lipinski definition) is 1. The average molecular weight is 491 g/mol. The van der Waals surface area contributed by atoms with Gasteiger partial charge in [-0.15, -0.1) is 0 Å². The second kappa shape index (κ2) is 11.2. The van der Waals surface area contributed by atoms with Crippen LogP contribution in [0.25, 0.3) is 11.1 Å². The number of rotatable bonds is 7. The van der Waals surface area contributed by atoms with Crippen LogP contribution in [0.1, 0.15) is 29.9 Å². The lowest BCUT2D eigenvalue weighted by molar-refractivity contribution is -0.130. The van der Waals surface area contributed by atoms with E-state index in [1.54, 1.807) is 54.6 Å². The minimum absolute atomic E-state index is 0.0872. The van der Waals surface area contributed by atoms with Crippen molar-refractivity contribution in [1.29, 1.82) is 0 Å². The molecular weight excluding hydrogens is 460 g/mol. The fourth-order valence-electron chi connectivity index (χ4n) is 4.09. The van der Waals surface area contributed by atoms with Gasteiger partial charge in [0.1, 0.15) is 18.0 Å². The standard InChI is InChI=1S/C26H30N6O4/c1-17-13-32(18(2)15-33)26(35)22-8-19(20-10-27-16-28-11-20)12-30-25(22)36-23(17)14-31(3)24(34)9-21-6-4-5-7-29-21/h4-8,10-12,16-18,23,33H,9,13-15H2,1-3H3/t17-,18-,23-/m0/s1. The Bertz CT molecular complexity index is 1190. The Labute approximate surface area is 210 Å². The molecule has 4 rings (SSSR count). The van der Waals surface area contributed by atoms with Crippen LogP contribution in [0.15, 0.2) is 55.4 Å². The van der Waals surface area contributed by atoms with Gasteiger partial charge in [0.05, 0.1) is 25.6 Å². The van der Waals surface area contributed by atoms with E-state index in [-0.39, 0.29) is 42.2 Å². The average Bonchev–Trinajstić information content (AvgIpc) is 2.91. The molecule has 3 aromatic rings. The van der Waals surface area contributed by atoms with Crippen LogP contribution in [-0.4, -0.2) is 85.5 Å². The normalized spacial score (nSPS) is 18.4. The van der Waals surface area contributed by atoms with E-state index in [0.717, 1.165) is 0 Å². The molecule has 36 heavy (non-hydrogen) atoms. The molecule has 3 atom stereocenters. The van der Waals surface area contributed by atoms with E-state index in [1.165, 1.54) is 6.33 Å². The summed E-state index contributed by atoms with van der Waals surface area (Å²) in [6.45, 7) is 4.24. The number of aliphatic hydroxyl groups excluding tert-OH is 1. The van der Waals surface area contributed by atoms with E-state index >= 15 is 0 Å². The molecule has 4 heterocycles. The summed E-state index contributed by atoms with van der Waals surface area (Å²) in [6, 6.07) is 6.78. The van der Waals surface area contributed by atoms with Gasteiger partial charge in [-0.05, 0) is 25.1 Å². The van der Waals surface area contributed by atoms with Crippen LogP contribution in [-0.2, 0) is 11.2 Å². The molecule has 0 saturated carbocycles. The fourth-order valence-corrected chi connectivity index (χ4v) is 4.09. The van der Waals surface area contributed by atoms with E-state index in [0.29, 0.717) is 29.9 Å². The molecule has 0 unspecified atom stereocenters. The van der Waals surface area contributed by atoms with Crippen LogP contribution in [0.4, 0.5) is 0 Å². The molecule has 188 valence electrons. The second-order valence-corrected chi connectivity index (χ2v) is 9.10. The molecule has 10 nitrogen and oxygen atoms in total. The molecule has 0 aliphatic carbocycles. The second-order valence-electron chi connectivity index (χ2n) is 9.10. The van der Waals surface area contributed by atoms with E-state index in [9.17, 15) is 14.7 Å². The Morgan fingerprint density at radius 3 is 2.69 bits per heavy atom. The highest BCUT2D eigenvalue weighted by atomic mass is 16.5.